The van der Waals surface area contributed by atoms with E-state index >= 15 is 0 Å². The van der Waals surface area contributed by atoms with Crippen LogP contribution in [0.1, 0.15) is 40.7 Å². The lowest BCUT2D eigenvalue weighted by atomic mass is 9.90. The number of carbonyl (C=O) groups is 1. The minimum Gasteiger partial charge on any atom is -0.339 e. The zero-order chi connectivity index (χ0) is 16.1. The average molecular weight is 307 g/mol. The van der Waals surface area contributed by atoms with Gasteiger partial charge in [-0.2, -0.15) is 0 Å². The Kier molecular flexibility index (Phi) is 5.12. The third-order valence-electron chi connectivity index (χ3n) is 4.85. The van der Waals surface area contributed by atoms with Gasteiger partial charge in [0.05, 0.1) is 0 Å². The monoisotopic (exact) mass is 307 g/mol. The van der Waals surface area contributed by atoms with E-state index < -0.39 is 0 Å². The molecule has 0 aliphatic carbocycles. The highest BCUT2D eigenvalue weighted by atomic mass is 16.2. The largest absolute Gasteiger partial charge is 0.339 e. The minimum atomic E-state index is 0.190. The Labute approximate surface area is 139 Å². The summed E-state index contributed by atoms with van der Waals surface area (Å²) in [5.74, 6) is 0.937. The van der Waals surface area contributed by atoms with Gasteiger partial charge in [0.25, 0.3) is 5.91 Å². The number of likely N-dealkylation sites (tertiary alicyclic amines) is 1. The molecule has 1 heterocycles. The Morgan fingerprint density at radius 2 is 1.78 bits per heavy atom. The normalized spacial score (nSPS) is 15.6. The molecule has 2 heteroatoms. The summed E-state index contributed by atoms with van der Waals surface area (Å²) >= 11 is 0. The number of rotatable bonds is 4. The van der Waals surface area contributed by atoms with Crippen LogP contribution in [0.25, 0.3) is 0 Å². The van der Waals surface area contributed by atoms with Crippen molar-refractivity contribution < 1.29 is 4.79 Å². The van der Waals surface area contributed by atoms with Gasteiger partial charge in [-0.05, 0) is 56.2 Å². The molecule has 0 radical (unpaired) electrons. The molecular formula is C21H25NO. The summed E-state index contributed by atoms with van der Waals surface area (Å²) in [5.41, 5.74) is 3.40. The van der Waals surface area contributed by atoms with Crippen molar-refractivity contribution in [1.82, 2.24) is 4.90 Å². The fraction of sp³-hybridized carbons (Fsp3) is 0.381. The summed E-state index contributed by atoms with van der Waals surface area (Å²) in [7, 11) is 0. The van der Waals surface area contributed by atoms with Gasteiger partial charge in [0.2, 0.25) is 0 Å². The van der Waals surface area contributed by atoms with Gasteiger partial charge in [0, 0.05) is 18.7 Å². The molecule has 2 nitrogen and oxygen atoms in total. The average Bonchev–Trinajstić information content (AvgIpc) is 2.61. The van der Waals surface area contributed by atoms with Crippen LogP contribution in [0.4, 0.5) is 0 Å². The third-order valence-corrected chi connectivity index (χ3v) is 4.85. The zero-order valence-electron chi connectivity index (χ0n) is 13.9. The zero-order valence-corrected chi connectivity index (χ0v) is 13.9. The maximum Gasteiger partial charge on any atom is 0.253 e. The maximum atomic E-state index is 12.6. The Hall–Kier alpha value is -2.09. The lowest BCUT2D eigenvalue weighted by Gasteiger charge is -2.32. The highest BCUT2D eigenvalue weighted by molar-refractivity contribution is 5.94. The Morgan fingerprint density at radius 1 is 1.04 bits per heavy atom. The van der Waals surface area contributed by atoms with Gasteiger partial charge in [0.15, 0.2) is 0 Å². The van der Waals surface area contributed by atoms with E-state index in [2.05, 4.69) is 30.3 Å². The van der Waals surface area contributed by atoms with E-state index in [0.29, 0.717) is 0 Å². The number of aryl methyl sites for hydroxylation is 2. The summed E-state index contributed by atoms with van der Waals surface area (Å²) in [6, 6.07) is 18.6. The molecule has 0 saturated carbocycles. The van der Waals surface area contributed by atoms with Gasteiger partial charge < -0.3 is 4.90 Å². The highest BCUT2D eigenvalue weighted by Crippen LogP contribution is 2.23. The summed E-state index contributed by atoms with van der Waals surface area (Å²) < 4.78 is 0. The number of piperidine rings is 1. The topological polar surface area (TPSA) is 20.3 Å². The standard InChI is InChI=1S/C21H25NO/c1-17-6-5-9-20(16-17)21(23)22-14-12-19(13-15-22)11-10-18-7-3-2-4-8-18/h2-9,16,19H,10-15H2,1H3. The van der Waals surface area contributed by atoms with Gasteiger partial charge >= 0.3 is 0 Å². The second-order valence-corrected chi connectivity index (χ2v) is 6.63. The molecule has 1 aliphatic heterocycles. The first-order chi connectivity index (χ1) is 11.2. The van der Waals surface area contributed by atoms with Crippen LogP contribution in [0, 0.1) is 12.8 Å². The second kappa shape index (κ2) is 7.45. The van der Waals surface area contributed by atoms with Gasteiger partial charge in [-0.1, -0.05) is 48.0 Å². The van der Waals surface area contributed by atoms with E-state index in [9.17, 15) is 4.79 Å². The quantitative estimate of drug-likeness (QED) is 0.815. The summed E-state index contributed by atoms with van der Waals surface area (Å²) in [6.45, 7) is 3.82. The first kappa shape index (κ1) is 15.8. The number of amides is 1. The molecule has 2 aromatic carbocycles. The van der Waals surface area contributed by atoms with Gasteiger partial charge in [-0.3, -0.25) is 4.79 Å². The van der Waals surface area contributed by atoms with Gasteiger partial charge in [-0.25, -0.2) is 0 Å². The molecule has 0 atom stereocenters. The van der Waals surface area contributed by atoms with Crippen LogP contribution in [0.15, 0.2) is 54.6 Å². The van der Waals surface area contributed by atoms with Crippen LogP contribution in [-0.2, 0) is 6.42 Å². The molecule has 1 amide bonds. The molecule has 0 aromatic heterocycles. The SMILES string of the molecule is Cc1cccc(C(=O)N2CCC(CCc3ccccc3)CC2)c1. The fourth-order valence-electron chi connectivity index (χ4n) is 3.40. The van der Waals surface area contributed by atoms with E-state index in [1.807, 2.05) is 36.1 Å². The molecule has 1 saturated heterocycles. The molecule has 120 valence electrons. The van der Waals surface area contributed by atoms with E-state index in [4.69, 9.17) is 0 Å². The van der Waals surface area contributed by atoms with Gasteiger partial charge in [0.1, 0.15) is 0 Å². The van der Waals surface area contributed by atoms with Crippen LogP contribution >= 0.6 is 0 Å². The molecule has 1 aliphatic rings. The fourth-order valence-corrected chi connectivity index (χ4v) is 3.40. The van der Waals surface area contributed by atoms with Crippen LogP contribution < -0.4 is 0 Å². The first-order valence-electron chi connectivity index (χ1n) is 8.62. The van der Waals surface area contributed by atoms with E-state index in [1.54, 1.807) is 0 Å². The Balaban J connectivity index is 1.49. The van der Waals surface area contributed by atoms with Crippen molar-refractivity contribution in [3.63, 3.8) is 0 Å². The molecule has 3 rings (SSSR count). The molecule has 0 N–H and O–H groups in total. The second-order valence-electron chi connectivity index (χ2n) is 6.63. The molecule has 2 aromatic rings. The Bertz CT molecular complexity index is 642. The van der Waals surface area contributed by atoms with Crippen molar-refractivity contribution in [2.45, 2.75) is 32.6 Å². The summed E-state index contributed by atoms with van der Waals surface area (Å²) in [5, 5.41) is 0. The highest BCUT2D eigenvalue weighted by Gasteiger charge is 2.23. The van der Waals surface area contributed by atoms with E-state index in [1.165, 1.54) is 12.0 Å². The maximum absolute atomic E-state index is 12.6. The van der Waals surface area contributed by atoms with Gasteiger partial charge in [-0.15, -0.1) is 0 Å². The van der Waals surface area contributed by atoms with Crippen molar-refractivity contribution in [3.05, 3.63) is 71.3 Å². The Morgan fingerprint density at radius 3 is 2.48 bits per heavy atom. The molecule has 0 spiro atoms. The van der Waals surface area contributed by atoms with Crippen molar-refractivity contribution in [3.8, 4) is 0 Å². The first-order valence-corrected chi connectivity index (χ1v) is 8.62. The summed E-state index contributed by atoms with van der Waals surface area (Å²) in [6.07, 6.45) is 4.64. The van der Waals surface area contributed by atoms with E-state index in [0.717, 1.165) is 49.4 Å². The van der Waals surface area contributed by atoms with Crippen LogP contribution in [0.2, 0.25) is 0 Å². The van der Waals surface area contributed by atoms with E-state index in [-0.39, 0.29) is 5.91 Å². The molecule has 1 fully saturated rings. The number of benzene rings is 2. The predicted molar refractivity (Wildman–Crippen MR) is 94.6 cm³/mol. The van der Waals surface area contributed by atoms with Crippen molar-refractivity contribution in [2.75, 3.05) is 13.1 Å². The predicted octanol–water partition coefficient (Wildman–Crippen LogP) is 4.48. The third kappa shape index (κ3) is 4.22. The number of nitrogens with zero attached hydrogens (tertiary/aromatic N) is 1. The van der Waals surface area contributed by atoms with Crippen molar-refractivity contribution in [2.24, 2.45) is 5.92 Å². The van der Waals surface area contributed by atoms with Crippen molar-refractivity contribution >= 4 is 5.91 Å². The smallest absolute Gasteiger partial charge is 0.253 e. The number of carbonyl (C=O) groups excluding carboxylic acids is 1. The van der Waals surface area contributed by atoms with Crippen LogP contribution in [0.5, 0.6) is 0 Å². The number of hydrogen-bond donors (Lipinski definition) is 0. The van der Waals surface area contributed by atoms with Crippen LogP contribution in [-0.4, -0.2) is 23.9 Å². The molecular weight excluding hydrogens is 282 g/mol. The molecule has 23 heavy (non-hydrogen) atoms. The molecule has 0 bridgehead atoms. The number of hydrogen-bond acceptors (Lipinski definition) is 1. The molecule has 0 unspecified atom stereocenters. The summed E-state index contributed by atoms with van der Waals surface area (Å²) in [4.78, 5) is 14.6. The minimum absolute atomic E-state index is 0.190. The van der Waals surface area contributed by atoms with Crippen molar-refractivity contribution in [1.29, 1.82) is 0 Å². The lowest BCUT2D eigenvalue weighted by molar-refractivity contribution is 0.0687. The van der Waals surface area contributed by atoms with Crippen LogP contribution in [0.3, 0.4) is 0 Å². The lowest BCUT2D eigenvalue weighted by Crippen LogP contribution is -2.38.